The number of carboxylic acid groups (broad SMARTS) is 1. The van der Waals surface area contributed by atoms with Crippen molar-refractivity contribution >= 4 is 27.8 Å². The fourth-order valence-electron chi connectivity index (χ4n) is 2.59. The van der Waals surface area contributed by atoms with Crippen molar-refractivity contribution in [2.45, 2.75) is 32.2 Å². The Labute approximate surface area is 126 Å². The van der Waals surface area contributed by atoms with Gasteiger partial charge in [0.25, 0.3) is 0 Å². The summed E-state index contributed by atoms with van der Waals surface area (Å²) in [6, 6.07) is 7.77. The van der Waals surface area contributed by atoms with Gasteiger partial charge in [0, 0.05) is 16.9 Å². The number of carbonyl (C=O) groups is 2. The lowest BCUT2D eigenvalue weighted by Gasteiger charge is -2.25. The number of halogens is 1. The third-order valence-electron chi connectivity index (χ3n) is 3.77. The quantitative estimate of drug-likeness (QED) is 0.886. The van der Waals surface area contributed by atoms with Crippen LogP contribution in [0.2, 0.25) is 0 Å². The number of hydrogen-bond donors (Lipinski definition) is 2. The monoisotopic (exact) mass is 339 g/mol. The number of rotatable bonds is 4. The van der Waals surface area contributed by atoms with Gasteiger partial charge in [0.05, 0.1) is 5.92 Å². The predicted octanol–water partition coefficient (Wildman–Crippen LogP) is 2.96. The van der Waals surface area contributed by atoms with Crippen molar-refractivity contribution in [2.75, 3.05) is 0 Å². The van der Waals surface area contributed by atoms with Gasteiger partial charge >= 0.3 is 5.97 Å². The molecule has 2 N–H and O–H groups in total. The molecule has 0 bridgehead atoms. The van der Waals surface area contributed by atoms with Crippen molar-refractivity contribution in [2.24, 2.45) is 11.8 Å². The molecular formula is C15H18BrNO3. The van der Waals surface area contributed by atoms with Gasteiger partial charge < -0.3 is 10.4 Å². The molecule has 0 unspecified atom stereocenters. The van der Waals surface area contributed by atoms with Crippen LogP contribution in [0.5, 0.6) is 0 Å². The lowest BCUT2D eigenvalue weighted by molar-refractivity contribution is -0.144. The van der Waals surface area contributed by atoms with Crippen molar-refractivity contribution in [1.29, 1.82) is 0 Å². The normalized spacial score (nSPS) is 22.2. The van der Waals surface area contributed by atoms with Crippen LogP contribution in [0.1, 0.15) is 31.2 Å². The molecule has 1 saturated carbocycles. The van der Waals surface area contributed by atoms with E-state index in [4.69, 9.17) is 5.11 Å². The third kappa shape index (κ3) is 4.07. The van der Waals surface area contributed by atoms with Gasteiger partial charge in [-0.05, 0) is 37.0 Å². The lowest BCUT2D eigenvalue weighted by atomic mass is 9.81. The predicted molar refractivity (Wildman–Crippen MR) is 79.1 cm³/mol. The summed E-state index contributed by atoms with van der Waals surface area (Å²) in [5.74, 6) is -1.35. The van der Waals surface area contributed by atoms with E-state index in [0.717, 1.165) is 22.9 Å². The molecule has 2 rings (SSSR count). The Hall–Kier alpha value is -1.36. The molecule has 1 aromatic rings. The summed E-state index contributed by atoms with van der Waals surface area (Å²) in [7, 11) is 0. The van der Waals surface area contributed by atoms with Gasteiger partial charge in [-0.2, -0.15) is 0 Å². The number of aliphatic carboxylic acids is 1. The van der Waals surface area contributed by atoms with E-state index < -0.39 is 5.97 Å². The van der Waals surface area contributed by atoms with Gasteiger partial charge in [-0.3, -0.25) is 9.59 Å². The Morgan fingerprint density at radius 3 is 2.50 bits per heavy atom. The molecule has 0 heterocycles. The molecule has 5 heteroatoms. The van der Waals surface area contributed by atoms with Crippen LogP contribution >= 0.6 is 15.9 Å². The van der Waals surface area contributed by atoms with Gasteiger partial charge in [-0.1, -0.05) is 34.5 Å². The number of carboxylic acids is 1. The molecule has 2 atom stereocenters. The van der Waals surface area contributed by atoms with Crippen molar-refractivity contribution in [1.82, 2.24) is 5.32 Å². The van der Waals surface area contributed by atoms with Gasteiger partial charge in [0.15, 0.2) is 0 Å². The Morgan fingerprint density at radius 1 is 1.20 bits per heavy atom. The van der Waals surface area contributed by atoms with Gasteiger partial charge in [-0.25, -0.2) is 0 Å². The first kappa shape index (κ1) is 15.0. The Balaban J connectivity index is 1.85. The zero-order valence-corrected chi connectivity index (χ0v) is 12.7. The topological polar surface area (TPSA) is 66.4 Å². The minimum Gasteiger partial charge on any atom is -0.481 e. The van der Waals surface area contributed by atoms with Crippen molar-refractivity contribution < 1.29 is 14.7 Å². The highest BCUT2D eigenvalue weighted by molar-refractivity contribution is 9.10. The molecule has 108 valence electrons. The van der Waals surface area contributed by atoms with Crippen LogP contribution in [0.15, 0.2) is 28.7 Å². The molecule has 20 heavy (non-hydrogen) atoms. The van der Waals surface area contributed by atoms with Crippen LogP contribution in [0.25, 0.3) is 0 Å². The van der Waals surface area contributed by atoms with Crippen LogP contribution < -0.4 is 5.32 Å². The molecule has 1 fully saturated rings. The summed E-state index contributed by atoms with van der Waals surface area (Å²) < 4.78 is 1.00. The van der Waals surface area contributed by atoms with E-state index >= 15 is 0 Å². The van der Waals surface area contributed by atoms with E-state index in [2.05, 4.69) is 21.2 Å². The van der Waals surface area contributed by atoms with Crippen LogP contribution in [0.4, 0.5) is 0 Å². The number of hydrogen-bond acceptors (Lipinski definition) is 2. The molecule has 0 spiro atoms. The molecule has 1 aliphatic rings. The maximum Gasteiger partial charge on any atom is 0.306 e. The first-order valence-corrected chi connectivity index (χ1v) is 7.60. The molecule has 0 saturated heterocycles. The molecule has 4 nitrogen and oxygen atoms in total. The second-order valence-electron chi connectivity index (χ2n) is 5.24. The van der Waals surface area contributed by atoms with Gasteiger partial charge in [0.1, 0.15) is 0 Å². The second-order valence-corrected chi connectivity index (χ2v) is 6.16. The fraction of sp³-hybridized carbons (Fsp3) is 0.467. The largest absolute Gasteiger partial charge is 0.481 e. The van der Waals surface area contributed by atoms with Crippen molar-refractivity contribution in [3.63, 3.8) is 0 Å². The molecule has 0 aromatic heterocycles. The summed E-state index contributed by atoms with van der Waals surface area (Å²) >= 11 is 3.37. The zero-order chi connectivity index (χ0) is 14.5. The van der Waals surface area contributed by atoms with E-state index in [9.17, 15) is 9.59 Å². The molecule has 1 aromatic carbocycles. The van der Waals surface area contributed by atoms with Crippen LogP contribution in [-0.2, 0) is 16.1 Å². The summed E-state index contributed by atoms with van der Waals surface area (Å²) in [5, 5.41) is 11.9. The standard InChI is InChI=1S/C15H18BrNO3/c16-13-6-4-10(5-7-13)9-17-14(18)11-2-1-3-12(8-11)15(19)20/h4-7,11-12H,1-3,8-9H2,(H,17,18)(H,19,20)/t11-,12-/m0/s1. The first-order chi connectivity index (χ1) is 9.56. The summed E-state index contributed by atoms with van der Waals surface area (Å²) in [5.41, 5.74) is 1.03. The van der Waals surface area contributed by atoms with E-state index in [1.807, 2.05) is 24.3 Å². The van der Waals surface area contributed by atoms with Crippen LogP contribution in [0, 0.1) is 11.8 Å². The maximum absolute atomic E-state index is 12.1. The molecule has 1 aliphatic carbocycles. The lowest BCUT2D eigenvalue weighted by Crippen LogP contribution is -2.35. The van der Waals surface area contributed by atoms with E-state index in [1.54, 1.807) is 0 Å². The zero-order valence-electron chi connectivity index (χ0n) is 11.1. The van der Waals surface area contributed by atoms with E-state index in [0.29, 0.717) is 19.4 Å². The third-order valence-corrected chi connectivity index (χ3v) is 4.30. The van der Waals surface area contributed by atoms with Crippen LogP contribution in [-0.4, -0.2) is 17.0 Å². The first-order valence-electron chi connectivity index (χ1n) is 6.81. The summed E-state index contributed by atoms with van der Waals surface area (Å²) in [6.45, 7) is 0.486. The molecule has 0 radical (unpaired) electrons. The summed E-state index contributed by atoms with van der Waals surface area (Å²) in [4.78, 5) is 23.1. The SMILES string of the molecule is O=C(O)[C@H]1CCC[C@H](C(=O)NCc2ccc(Br)cc2)C1. The highest BCUT2D eigenvalue weighted by atomic mass is 79.9. The number of carbonyl (C=O) groups excluding carboxylic acids is 1. The average Bonchev–Trinajstić information content (AvgIpc) is 2.46. The van der Waals surface area contributed by atoms with Crippen molar-refractivity contribution in [3.05, 3.63) is 34.3 Å². The van der Waals surface area contributed by atoms with Gasteiger partial charge in [0.2, 0.25) is 5.91 Å². The fourth-order valence-corrected chi connectivity index (χ4v) is 2.85. The average molecular weight is 340 g/mol. The van der Waals surface area contributed by atoms with Crippen molar-refractivity contribution in [3.8, 4) is 0 Å². The Bertz CT molecular complexity index is 486. The number of benzene rings is 1. The smallest absolute Gasteiger partial charge is 0.306 e. The highest BCUT2D eigenvalue weighted by Gasteiger charge is 2.30. The van der Waals surface area contributed by atoms with Crippen LogP contribution in [0.3, 0.4) is 0 Å². The van der Waals surface area contributed by atoms with E-state index in [-0.39, 0.29) is 17.7 Å². The Morgan fingerprint density at radius 2 is 1.85 bits per heavy atom. The minimum atomic E-state index is -0.782. The number of amides is 1. The highest BCUT2D eigenvalue weighted by Crippen LogP contribution is 2.29. The molecule has 1 amide bonds. The maximum atomic E-state index is 12.1. The molecular weight excluding hydrogens is 322 g/mol. The van der Waals surface area contributed by atoms with E-state index in [1.165, 1.54) is 0 Å². The second kappa shape index (κ2) is 6.88. The summed E-state index contributed by atoms with van der Waals surface area (Å²) in [6.07, 6.45) is 2.75. The number of nitrogens with one attached hydrogen (secondary N) is 1. The Kier molecular flexibility index (Phi) is 5.17. The minimum absolute atomic E-state index is 0.0288. The molecule has 0 aliphatic heterocycles. The van der Waals surface area contributed by atoms with Gasteiger partial charge in [-0.15, -0.1) is 0 Å².